The smallest absolute Gasteiger partial charge is 0.416 e. The summed E-state index contributed by atoms with van der Waals surface area (Å²) < 4.78 is 43.8. The van der Waals surface area contributed by atoms with E-state index >= 15 is 0 Å². The monoisotopic (exact) mass is 473 g/mol. The number of aliphatic carboxylic acids is 1. The SMILES string of the molecule is N#CC(Cc1ccc(OCCNC2[C@H]3CN(Cc4ccc(C(F)(F)F)cc4)C[C@@H]23)cc1)C(=O)O. The lowest BCUT2D eigenvalue weighted by Gasteiger charge is -2.20. The van der Waals surface area contributed by atoms with Crippen molar-refractivity contribution in [1.82, 2.24) is 10.2 Å². The topological polar surface area (TPSA) is 85.6 Å². The maximum atomic E-state index is 12.7. The van der Waals surface area contributed by atoms with Crippen molar-refractivity contribution in [2.75, 3.05) is 26.2 Å². The van der Waals surface area contributed by atoms with E-state index in [1.165, 1.54) is 0 Å². The molecule has 2 unspecified atom stereocenters. The van der Waals surface area contributed by atoms with Crippen molar-refractivity contribution in [2.24, 2.45) is 17.8 Å². The fraction of sp³-hybridized carbons (Fsp3) is 0.440. The van der Waals surface area contributed by atoms with E-state index in [1.54, 1.807) is 42.5 Å². The Hall–Kier alpha value is -3.09. The van der Waals surface area contributed by atoms with E-state index < -0.39 is 23.6 Å². The van der Waals surface area contributed by atoms with Crippen LogP contribution in [0.4, 0.5) is 13.2 Å². The number of rotatable bonds is 10. The third-order valence-corrected chi connectivity index (χ3v) is 6.53. The summed E-state index contributed by atoms with van der Waals surface area (Å²) >= 11 is 0. The predicted molar refractivity (Wildman–Crippen MR) is 118 cm³/mol. The minimum Gasteiger partial charge on any atom is -0.492 e. The number of halogens is 3. The highest BCUT2D eigenvalue weighted by molar-refractivity contribution is 5.73. The van der Waals surface area contributed by atoms with Gasteiger partial charge in [-0.15, -0.1) is 0 Å². The average molecular weight is 473 g/mol. The van der Waals surface area contributed by atoms with Gasteiger partial charge >= 0.3 is 12.1 Å². The molecular formula is C25H26F3N3O3. The fourth-order valence-electron chi connectivity index (χ4n) is 4.64. The molecule has 2 N–H and O–H groups in total. The zero-order chi connectivity index (χ0) is 24.3. The quantitative estimate of drug-likeness (QED) is 0.514. The molecule has 1 aliphatic heterocycles. The highest BCUT2D eigenvalue weighted by Crippen LogP contribution is 2.45. The number of benzene rings is 2. The Morgan fingerprint density at radius 3 is 2.29 bits per heavy atom. The summed E-state index contributed by atoms with van der Waals surface area (Å²) in [6.45, 7) is 3.74. The Kier molecular flexibility index (Phi) is 7.10. The first kappa shape index (κ1) is 24.0. The van der Waals surface area contributed by atoms with Gasteiger partial charge in [-0.05, 0) is 53.6 Å². The number of fused-ring (bicyclic) bond motifs is 1. The molecule has 9 heteroatoms. The number of likely N-dealkylation sites (tertiary alicyclic amines) is 1. The lowest BCUT2D eigenvalue weighted by Crippen LogP contribution is -2.33. The zero-order valence-corrected chi connectivity index (χ0v) is 18.5. The second kappa shape index (κ2) is 10.0. The molecule has 2 aromatic carbocycles. The Morgan fingerprint density at radius 1 is 1.12 bits per heavy atom. The minimum absolute atomic E-state index is 0.161. The van der Waals surface area contributed by atoms with Gasteiger partial charge in [0.2, 0.25) is 0 Å². The highest BCUT2D eigenvalue weighted by atomic mass is 19.4. The number of nitrogens with one attached hydrogen (secondary N) is 1. The molecule has 0 radical (unpaired) electrons. The third kappa shape index (κ3) is 5.88. The molecule has 0 aromatic heterocycles. The van der Waals surface area contributed by atoms with Crippen LogP contribution in [-0.4, -0.2) is 48.3 Å². The van der Waals surface area contributed by atoms with Crippen LogP contribution in [0.25, 0.3) is 0 Å². The second-order valence-electron chi connectivity index (χ2n) is 8.91. The molecule has 4 rings (SSSR count). The molecule has 6 nitrogen and oxygen atoms in total. The molecule has 4 atom stereocenters. The van der Waals surface area contributed by atoms with Crippen molar-refractivity contribution in [2.45, 2.75) is 25.2 Å². The van der Waals surface area contributed by atoms with Crippen LogP contribution in [0.2, 0.25) is 0 Å². The summed E-state index contributed by atoms with van der Waals surface area (Å²) in [7, 11) is 0. The summed E-state index contributed by atoms with van der Waals surface area (Å²) in [5.74, 6) is -0.360. The number of carboxylic acid groups (broad SMARTS) is 1. The van der Waals surface area contributed by atoms with Crippen molar-refractivity contribution in [3.05, 3.63) is 65.2 Å². The number of hydrogen-bond donors (Lipinski definition) is 2. The zero-order valence-electron chi connectivity index (χ0n) is 18.5. The number of alkyl halides is 3. The van der Waals surface area contributed by atoms with Gasteiger partial charge in [-0.3, -0.25) is 9.69 Å². The molecule has 0 spiro atoms. The Labute approximate surface area is 195 Å². The van der Waals surface area contributed by atoms with Crippen LogP contribution < -0.4 is 10.1 Å². The molecule has 0 amide bonds. The Bertz CT molecular complexity index is 1020. The van der Waals surface area contributed by atoms with Crippen LogP contribution in [0, 0.1) is 29.1 Å². The first-order chi connectivity index (χ1) is 16.2. The Balaban J connectivity index is 1.12. The summed E-state index contributed by atoms with van der Waals surface area (Å²) in [5.41, 5.74) is 1.05. The van der Waals surface area contributed by atoms with Gasteiger partial charge in [0.15, 0.2) is 0 Å². The van der Waals surface area contributed by atoms with Crippen molar-refractivity contribution in [3.63, 3.8) is 0 Å². The van der Waals surface area contributed by atoms with Crippen LogP contribution in [-0.2, 0) is 23.9 Å². The van der Waals surface area contributed by atoms with Gasteiger partial charge in [0.25, 0.3) is 0 Å². The van der Waals surface area contributed by atoms with E-state index in [0.717, 1.165) is 36.3 Å². The lowest BCUT2D eigenvalue weighted by molar-refractivity contribution is -0.140. The van der Waals surface area contributed by atoms with Crippen molar-refractivity contribution in [3.8, 4) is 11.8 Å². The molecule has 2 aromatic rings. The first-order valence-corrected chi connectivity index (χ1v) is 11.2. The number of carboxylic acids is 1. The lowest BCUT2D eigenvalue weighted by atomic mass is 10.0. The number of nitriles is 1. The van der Waals surface area contributed by atoms with Gasteiger partial charge in [0.05, 0.1) is 11.6 Å². The fourth-order valence-corrected chi connectivity index (χ4v) is 4.64. The van der Waals surface area contributed by atoms with Gasteiger partial charge in [-0.1, -0.05) is 24.3 Å². The van der Waals surface area contributed by atoms with E-state index in [9.17, 15) is 18.0 Å². The summed E-state index contributed by atoms with van der Waals surface area (Å²) in [4.78, 5) is 13.2. The van der Waals surface area contributed by atoms with Crippen LogP contribution in [0.5, 0.6) is 5.75 Å². The van der Waals surface area contributed by atoms with E-state index in [1.807, 2.05) is 0 Å². The van der Waals surface area contributed by atoms with Gasteiger partial charge in [-0.2, -0.15) is 18.4 Å². The van der Waals surface area contributed by atoms with Crippen molar-refractivity contribution in [1.29, 1.82) is 5.26 Å². The average Bonchev–Trinajstić information content (AvgIpc) is 3.25. The van der Waals surface area contributed by atoms with E-state index in [2.05, 4.69) is 10.2 Å². The molecule has 0 bridgehead atoms. The normalized spacial score (nSPS) is 22.6. The number of ether oxygens (including phenoxy) is 1. The summed E-state index contributed by atoms with van der Waals surface area (Å²) in [6, 6.07) is 14.7. The number of carbonyl (C=O) groups is 1. The van der Waals surface area contributed by atoms with E-state index in [-0.39, 0.29) is 6.42 Å². The second-order valence-corrected chi connectivity index (χ2v) is 8.91. The third-order valence-electron chi connectivity index (χ3n) is 6.53. The predicted octanol–water partition coefficient (Wildman–Crippen LogP) is 3.57. The number of hydrogen-bond acceptors (Lipinski definition) is 5. The number of piperidine rings is 1. The first-order valence-electron chi connectivity index (χ1n) is 11.2. The van der Waals surface area contributed by atoms with Crippen LogP contribution in [0.1, 0.15) is 16.7 Å². The molecule has 2 aliphatic rings. The van der Waals surface area contributed by atoms with Crippen LogP contribution >= 0.6 is 0 Å². The summed E-state index contributed by atoms with van der Waals surface area (Å²) in [6.07, 6.45) is -4.14. The largest absolute Gasteiger partial charge is 0.492 e. The maximum Gasteiger partial charge on any atom is 0.416 e. The van der Waals surface area contributed by atoms with Gasteiger partial charge in [-0.25, -0.2) is 0 Å². The molecular weight excluding hydrogens is 447 g/mol. The van der Waals surface area contributed by atoms with E-state index in [4.69, 9.17) is 15.1 Å². The highest BCUT2D eigenvalue weighted by Gasteiger charge is 2.55. The molecule has 34 heavy (non-hydrogen) atoms. The van der Waals surface area contributed by atoms with Gasteiger partial charge < -0.3 is 15.2 Å². The van der Waals surface area contributed by atoms with Crippen molar-refractivity contribution >= 4 is 5.97 Å². The van der Waals surface area contributed by atoms with E-state index in [0.29, 0.717) is 43.3 Å². The minimum atomic E-state index is -4.30. The maximum absolute atomic E-state index is 12.7. The van der Waals surface area contributed by atoms with Gasteiger partial charge in [0, 0.05) is 32.2 Å². The molecule has 1 saturated carbocycles. The Morgan fingerprint density at radius 2 is 1.74 bits per heavy atom. The molecule has 180 valence electrons. The van der Waals surface area contributed by atoms with Crippen LogP contribution in [0.3, 0.4) is 0 Å². The summed E-state index contributed by atoms with van der Waals surface area (Å²) in [5, 5.41) is 21.4. The molecule has 1 saturated heterocycles. The molecule has 2 fully saturated rings. The standard InChI is InChI=1S/C25H26F3N3O3/c26-25(27,28)19-5-1-17(2-6-19)13-31-14-21-22(15-31)23(21)30-9-10-34-20-7-3-16(4-8-20)11-18(12-29)24(32)33/h1-8,18,21-23,30H,9-11,13-15H2,(H,32,33)/t18?,21-,22+,23?. The molecule has 1 aliphatic carbocycles. The number of nitrogens with zero attached hydrogens (tertiary/aromatic N) is 2. The molecule has 1 heterocycles. The van der Waals surface area contributed by atoms with Gasteiger partial charge in [0.1, 0.15) is 18.3 Å². The van der Waals surface area contributed by atoms with Crippen molar-refractivity contribution < 1.29 is 27.8 Å². The van der Waals surface area contributed by atoms with Crippen LogP contribution in [0.15, 0.2) is 48.5 Å².